The molecule has 2 atom stereocenters. The summed E-state index contributed by atoms with van der Waals surface area (Å²) in [5, 5.41) is 0.250. The lowest BCUT2D eigenvalue weighted by atomic mass is 10.1. The van der Waals surface area contributed by atoms with Crippen LogP contribution in [0, 0.1) is 0 Å². The number of rotatable bonds is 0. The highest BCUT2D eigenvalue weighted by molar-refractivity contribution is 9.12. The Kier molecular flexibility index (Phi) is 2.57. The van der Waals surface area contributed by atoms with E-state index < -0.39 is 10.6 Å². The first-order valence-corrected chi connectivity index (χ1v) is 5.77. The zero-order valence-corrected chi connectivity index (χ0v) is 10.1. The summed E-state index contributed by atoms with van der Waals surface area (Å²) >= 11 is 7.11. The lowest BCUT2D eigenvalue weighted by Crippen LogP contribution is -2.42. The van der Waals surface area contributed by atoms with Crippen LogP contribution in [-0.4, -0.2) is 15.9 Å². The van der Waals surface area contributed by atoms with Crippen molar-refractivity contribution in [2.75, 3.05) is 0 Å². The molecule has 2 aliphatic rings. The Morgan fingerprint density at radius 1 is 1.69 bits per heavy atom. The minimum atomic E-state index is -1.86. The maximum Gasteiger partial charge on any atom is 0.207 e. The predicted molar refractivity (Wildman–Crippen MR) is 55.3 cm³/mol. The Hall–Kier alpha value is 0.570. The molecule has 1 N–H and O–H groups in total. The van der Waals surface area contributed by atoms with E-state index in [-0.39, 0.29) is 5.23 Å². The highest BCUT2D eigenvalue weighted by Gasteiger charge is 2.49. The van der Waals surface area contributed by atoms with Crippen LogP contribution in [0.2, 0.25) is 0 Å². The van der Waals surface area contributed by atoms with Crippen molar-refractivity contribution in [2.24, 2.45) is 0 Å². The standard InChI is InChI=1S/C6H4Br2F2N2S/c7-3-1-2-6(8,9)5-4(3)13-11-12(5)10/h1-2,5,11H. The number of hydrogen-bond acceptors (Lipinski definition) is 3. The molecule has 13 heavy (non-hydrogen) atoms. The summed E-state index contributed by atoms with van der Waals surface area (Å²) in [6, 6.07) is -0.961. The van der Waals surface area contributed by atoms with Gasteiger partial charge in [-0.3, -0.25) is 0 Å². The average Bonchev–Trinajstić information content (AvgIpc) is 2.42. The third-order valence-electron chi connectivity index (χ3n) is 1.77. The predicted octanol–water partition coefficient (Wildman–Crippen LogP) is 2.94. The van der Waals surface area contributed by atoms with E-state index in [0.29, 0.717) is 9.39 Å². The first kappa shape index (κ1) is 10.1. The molecule has 2 nitrogen and oxygen atoms in total. The molecule has 0 spiro atoms. The SMILES string of the molecule is FN1NSC2=C(Br)C=CC(F)(Br)C21. The number of allylic oxidation sites excluding steroid dienone is 2. The minimum Gasteiger partial charge on any atom is -0.224 e. The van der Waals surface area contributed by atoms with Crippen LogP contribution in [0.3, 0.4) is 0 Å². The highest BCUT2D eigenvalue weighted by atomic mass is 79.9. The van der Waals surface area contributed by atoms with Gasteiger partial charge in [0.05, 0.1) is 0 Å². The smallest absolute Gasteiger partial charge is 0.207 e. The van der Waals surface area contributed by atoms with Crippen LogP contribution in [0.15, 0.2) is 21.5 Å². The second-order valence-electron chi connectivity index (χ2n) is 2.63. The Labute approximate surface area is 94.7 Å². The van der Waals surface area contributed by atoms with E-state index >= 15 is 0 Å². The van der Waals surface area contributed by atoms with Gasteiger partial charge in [0.2, 0.25) is 4.58 Å². The fraction of sp³-hybridized carbons (Fsp3) is 0.333. The van der Waals surface area contributed by atoms with Gasteiger partial charge in [-0.25, -0.2) is 4.39 Å². The van der Waals surface area contributed by atoms with Crippen LogP contribution < -0.4 is 4.83 Å². The maximum absolute atomic E-state index is 13.7. The molecule has 0 aromatic carbocycles. The van der Waals surface area contributed by atoms with Gasteiger partial charge >= 0.3 is 0 Å². The van der Waals surface area contributed by atoms with E-state index in [9.17, 15) is 8.87 Å². The minimum absolute atomic E-state index is 0.250. The number of fused-ring (bicyclic) bond motifs is 1. The van der Waals surface area contributed by atoms with Gasteiger partial charge in [-0.2, -0.15) is 4.83 Å². The van der Waals surface area contributed by atoms with Crippen molar-refractivity contribution in [2.45, 2.75) is 10.6 Å². The largest absolute Gasteiger partial charge is 0.224 e. The number of nitrogens with one attached hydrogen (secondary N) is 1. The van der Waals surface area contributed by atoms with E-state index in [1.807, 2.05) is 0 Å². The van der Waals surface area contributed by atoms with Crippen molar-refractivity contribution in [1.29, 1.82) is 0 Å². The molecule has 2 rings (SSSR count). The zero-order chi connectivity index (χ0) is 9.64. The zero-order valence-electron chi connectivity index (χ0n) is 6.10. The first-order chi connectivity index (χ1) is 6.02. The topological polar surface area (TPSA) is 15.3 Å². The molecule has 0 saturated carbocycles. The van der Waals surface area contributed by atoms with Gasteiger partial charge in [-0.05, 0) is 56.0 Å². The Morgan fingerprint density at radius 2 is 2.38 bits per heavy atom. The van der Waals surface area contributed by atoms with Crippen LogP contribution in [0.4, 0.5) is 8.87 Å². The number of halogens is 4. The lowest BCUT2D eigenvalue weighted by Gasteiger charge is -2.27. The Balaban J connectivity index is 2.43. The summed E-state index contributed by atoms with van der Waals surface area (Å²) in [4.78, 5) is 2.92. The summed E-state index contributed by atoms with van der Waals surface area (Å²) in [6.07, 6.45) is 2.83. The van der Waals surface area contributed by atoms with E-state index in [0.717, 1.165) is 11.9 Å². The summed E-state index contributed by atoms with van der Waals surface area (Å²) < 4.78 is 25.6. The normalized spacial score (nSPS) is 39.8. The number of alkyl halides is 2. The number of hydrazine groups is 1. The van der Waals surface area contributed by atoms with Gasteiger partial charge in [0.15, 0.2) is 0 Å². The van der Waals surface area contributed by atoms with Crippen LogP contribution >= 0.6 is 43.8 Å². The summed E-state index contributed by atoms with van der Waals surface area (Å²) in [7, 11) is 0. The van der Waals surface area contributed by atoms with Gasteiger partial charge < -0.3 is 0 Å². The van der Waals surface area contributed by atoms with Crippen molar-refractivity contribution in [3.05, 3.63) is 21.5 Å². The van der Waals surface area contributed by atoms with E-state index in [4.69, 9.17) is 0 Å². The molecule has 0 bridgehead atoms. The molecule has 1 saturated heterocycles. The van der Waals surface area contributed by atoms with Gasteiger partial charge in [0, 0.05) is 9.39 Å². The molecular formula is C6H4Br2F2N2S. The third-order valence-corrected chi connectivity index (χ3v) is 4.35. The van der Waals surface area contributed by atoms with Crippen LogP contribution in [-0.2, 0) is 0 Å². The van der Waals surface area contributed by atoms with Gasteiger partial charge in [0.25, 0.3) is 0 Å². The monoisotopic (exact) mass is 332 g/mol. The molecule has 7 heteroatoms. The molecule has 0 aromatic rings. The molecule has 1 aliphatic heterocycles. The molecular weight excluding hydrogens is 330 g/mol. The highest BCUT2D eigenvalue weighted by Crippen LogP contribution is 2.47. The molecule has 1 heterocycles. The molecule has 1 aliphatic carbocycles. The first-order valence-electron chi connectivity index (χ1n) is 3.36. The lowest BCUT2D eigenvalue weighted by molar-refractivity contribution is -0.0432. The fourth-order valence-corrected chi connectivity index (χ4v) is 3.28. The van der Waals surface area contributed by atoms with Gasteiger partial charge in [-0.15, -0.1) is 4.48 Å². The van der Waals surface area contributed by atoms with Crippen LogP contribution in [0.1, 0.15) is 0 Å². The number of hydrogen-bond donors (Lipinski definition) is 1. The Morgan fingerprint density at radius 3 is 3.00 bits per heavy atom. The maximum atomic E-state index is 13.7. The third kappa shape index (κ3) is 1.61. The van der Waals surface area contributed by atoms with Gasteiger partial charge in [-0.1, -0.05) is 5.23 Å². The van der Waals surface area contributed by atoms with Crippen LogP contribution in [0.25, 0.3) is 0 Å². The van der Waals surface area contributed by atoms with Crippen LogP contribution in [0.5, 0.6) is 0 Å². The van der Waals surface area contributed by atoms with Crippen molar-refractivity contribution >= 4 is 43.8 Å². The van der Waals surface area contributed by atoms with E-state index in [1.165, 1.54) is 6.08 Å². The second kappa shape index (κ2) is 3.30. The van der Waals surface area contributed by atoms with E-state index in [2.05, 4.69) is 36.7 Å². The fourth-order valence-electron chi connectivity index (χ4n) is 1.17. The van der Waals surface area contributed by atoms with Crippen molar-refractivity contribution < 1.29 is 8.87 Å². The van der Waals surface area contributed by atoms with Crippen molar-refractivity contribution in [3.63, 3.8) is 0 Å². The van der Waals surface area contributed by atoms with Crippen molar-refractivity contribution in [3.8, 4) is 0 Å². The molecule has 0 amide bonds. The number of nitrogens with zero attached hydrogens (tertiary/aromatic N) is 1. The molecule has 2 unspecified atom stereocenters. The molecule has 72 valence electrons. The summed E-state index contributed by atoms with van der Waals surface area (Å²) in [5.41, 5.74) is 0. The quantitative estimate of drug-likeness (QED) is 0.417. The summed E-state index contributed by atoms with van der Waals surface area (Å²) in [5.74, 6) is 0. The summed E-state index contributed by atoms with van der Waals surface area (Å²) in [6.45, 7) is 0. The van der Waals surface area contributed by atoms with E-state index in [1.54, 1.807) is 6.08 Å². The average molecular weight is 334 g/mol. The van der Waals surface area contributed by atoms with Gasteiger partial charge in [0.1, 0.15) is 6.04 Å². The second-order valence-corrected chi connectivity index (χ2v) is 5.52. The molecule has 0 radical (unpaired) electrons. The Bertz CT molecular complexity index is 305. The molecule has 1 fully saturated rings. The van der Waals surface area contributed by atoms with Crippen molar-refractivity contribution in [1.82, 2.24) is 10.1 Å². The molecule has 0 aromatic heterocycles.